The average molecular weight is 456 g/mol. The summed E-state index contributed by atoms with van der Waals surface area (Å²) in [6.07, 6.45) is 6.65. The van der Waals surface area contributed by atoms with Crippen molar-refractivity contribution in [3.63, 3.8) is 0 Å². The normalized spacial score (nSPS) is 28.8. The number of rotatable bonds is 4. The van der Waals surface area contributed by atoms with Crippen LogP contribution in [0, 0.1) is 6.92 Å². The molecule has 5 rings (SSSR count). The van der Waals surface area contributed by atoms with Gasteiger partial charge in [-0.25, -0.2) is 0 Å². The van der Waals surface area contributed by atoms with Crippen LogP contribution in [0.2, 0.25) is 0 Å². The molecule has 2 atom stereocenters. The summed E-state index contributed by atoms with van der Waals surface area (Å²) < 4.78 is 5.51. The average Bonchev–Trinajstić information content (AvgIpc) is 3.25. The molecule has 4 aliphatic heterocycles. The molecule has 33 heavy (non-hydrogen) atoms. The molecule has 0 saturated carbocycles. The fraction of sp³-hybridized carbons (Fsp3) is 0.720. The van der Waals surface area contributed by atoms with Gasteiger partial charge in [-0.15, -0.1) is 0 Å². The largest absolute Gasteiger partial charge is 0.381 e. The fourth-order valence-electron chi connectivity index (χ4n) is 6.14. The predicted octanol–water partition coefficient (Wildman–Crippen LogP) is 1.32. The van der Waals surface area contributed by atoms with Crippen LogP contribution in [0.5, 0.6) is 0 Å². The third kappa shape index (κ3) is 4.66. The summed E-state index contributed by atoms with van der Waals surface area (Å²) in [6, 6.07) is 4.44. The highest BCUT2D eigenvalue weighted by molar-refractivity contribution is 5.92. The van der Waals surface area contributed by atoms with E-state index in [4.69, 9.17) is 4.74 Å². The molecule has 8 heteroatoms. The van der Waals surface area contributed by atoms with Crippen LogP contribution in [0.4, 0.5) is 0 Å². The highest BCUT2D eigenvalue weighted by Crippen LogP contribution is 2.34. The number of aryl methyl sites for hydroxylation is 1. The van der Waals surface area contributed by atoms with Crippen LogP contribution in [0.25, 0.3) is 0 Å². The Kier molecular flexibility index (Phi) is 6.42. The monoisotopic (exact) mass is 455 g/mol. The number of fused-ring (bicyclic) bond motifs is 1. The van der Waals surface area contributed by atoms with E-state index in [1.807, 2.05) is 17.2 Å². The van der Waals surface area contributed by atoms with Crippen molar-refractivity contribution in [3.8, 4) is 0 Å². The maximum absolute atomic E-state index is 13.3. The molecule has 1 N–H and O–H groups in total. The third-order valence-electron chi connectivity index (χ3n) is 8.43. The first kappa shape index (κ1) is 22.7. The summed E-state index contributed by atoms with van der Waals surface area (Å²) in [5.41, 5.74) is 1.91. The van der Waals surface area contributed by atoms with Crippen molar-refractivity contribution in [2.45, 2.75) is 75.7 Å². The summed E-state index contributed by atoms with van der Waals surface area (Å²) in [4.78, 5) is 37.8. The summed E-state index contributed by atoms with van der Waals surface area (Å²) in [5, 5.41) is 3.35. The van der Waals surface area contributed by atoms with Gasteiger partial charge in [-0.3, -0.25) is 24.4 Å². The zero-order valence-electron chi connectivity index (χ0n) is 20.0. The SMILES string of the molecule is Cc1cccnc1CN1CCC2(CC1)CC(=O)N1C[C@@H](N(C)C3CCOCC3)C[C@H]1C(=O)N2. The Morgan fingerprint density at radius 2 is 1.97 bits per heavy atom. The Morgan fingerprint density at radius 1 is 1.21 bits per heavy atom. The number of amides is 2. The number of aromatic nitrogens is 1. The molecule has 1 spiro atoms. The lowest BCUT2D eigenvalue weighted by Crippen LogP contribution is -2.56. The topological polar surface area (TPSA) is 78.0 Å². The van der Waals surface area contributed by atoms with Crippen molar-refractivity contribution < 1.29 is 14.3 Å². The maximum Gasteiger partial charge on any atom is 0.243 e. The second-order valence-corrected chi connectivity index (χ2v) is 10.4. The molecule has 4 aliphatic rings. The van der Waals surface area contributed by atoms with Crippen molar-refractivity contribution in [1.82, 2.24) is 25.0 Å². The Morgan fingerprint density at radius 3 is 2.70 bits per heavy atom. The molecule has 0 radical (unpaired) electrons. The summed E-state index contributed by atoms with van der Waals surface area (Å²) in [7, 11) is 2.15. The van der Waals surface area contributed by atoms with E-state index in [-0.39, 0.29) is 23.9 Å². The number of piperidine rings is 1. The van der Waals surface area contributed by atoms with E-state index in [2.05, 4.69) is 40.1 Å². The van der Waals surface area contributed by atoms with E-state index in [0.717, 1.165) is 70.6 Å². The van der Waals surface area contributed by atoms with E-state index >= 15 is 0 Å². The fourth-order valence-corrected chi connectivity index (χ4v) is 6.14. The molecule has 0 bridgehead atoms. The molecule has 5 heterocycles. The zero-order valence-corrected chi connectivity index (χ0v) is 20.0. The van der Waals surface area contributed by atoms with E-state index in [0.29, 0.717) is 19.0 Å². The van der Waals surface area contributed by atoms with Gasteiger partial charge in [0.05, 0.1) is 17.7 Å². The molecule has 0 aliphatic carbocycles. The Balaban J connectivity index is 1.21. The molecule has 1 aromatic heterocycles. The Bertz CT molecular complexity index is 851. The van der Waals surface area contributed by atoms with Crippen LogP contribution in [-0.4, -0.2) is 95.1 Å². The van der Waals surface area contributed by atoms with Gasteiger partial charge in [0.1, 0.15) is 6.04 Å². The Labute approximate surface area is 196 Å². The van der Waals surface area contributed by atoms with Crippen LogP contribution < -0.4 is 5.32 Å². The quantitative estimate of drug-likeness (QED) is 0.738. The number of nitrogens with one attached hydrogen (secondary N) is 1. The standard InChI is InChI=1S/C25H37N5O3/c1-18-4-3-9-26-21(18)17-29-10-7-25(8-11-29)15-23(31)30-16-20(14-22(30)24(32)27-25)28(2)19-5-12-33-13-6-19/h3-4,9,19-20,22H,5-8,10-17H2,1-2H3,(H,27,32)/t20-,22-/m0/s1. The van der Waals surface area contributed by atoms with Crippen molar-refractivity contribution >= 4 is 11.8 Å². The zero-order chi connectivity index (χ0) is 23.0. The molecule has 8 nitrogen and oxygen atoms in total. The van der Waals surface area contributed by atoms with Crippen LogP contribution >= 0.6 is 0 Å². The van der Waals surface area contributed by atoms with Crippen LogP contribution in [0.3, 0.4) is 0 Å². The molecular formula is C25H37N5O3. The molecule has 4 saturated heterocycles. The van der Waals surface area contributed by atoms with Crippen LogP contribution in [0.15, 0.2) is 18.3 Å². The first-order chi connectivity index (χ1) is 15.9. The molecule has 2 amide bonds. The van der Waals surface area contributed by atoms with Crippen molar-refractivity contribution in [2.24, 2.45) is 0 Å². The predicted molar refractivity (Wildman–Crippen MR) is 124 cm³/mol. The van der Waals surface area contributed by atoms with Gasteiger partial charge in [-0.1, -0.05) is 6.07 Å². The lowest BCUT2D eigenvalue weighted by Gasteiger charge is -2.41. The van der Waals surface area contributed by atoms with Gasteiger partial charge in [0.2, 0.25) is 11.8 Å². The highest BCUT2D eigenvalue weighted by Gasteiger charge is 2.49. The van der Waals surface area contributed by atoms with Crippen molar-refractivity contribution in [1.29, 1.82) is 0 Å². The minimum absolute atomic E-state index is 0.0396. The minimum atomic E-state index is -0.406. The van der Waals surface area contributed by atoms with Gasteiger partial charge in [0.25, 0.3) is 0 Å². The lowest BCUT2D eigenvalue weighted by atomic mass is 9.84. The lowest BCUT2D eigenvalue weighted by molar-refractivity contribution is -0.135. The number of hydrogen-bond acceptors (Lipinski definition) is 6. The van der Waals surface area contributed by atoms with Gasteiger partial charge >= 0.3 is 0 Å². The van der Waals surface area contributed by atoms with Crippen molar-refractivity contribution in [2.75, 3.05) is 39.9 Å². The van der Waals surface area contributed by atoms with Gasteiger partial charge in [-0.05, 0) is 57.7 Å². The number of pyridine rings is 1. The number of ether oxygens (including phenoxy) is 1. The summed E-state index contributed by atoms with van der Waals surface area (Å²) in [5.74, 6) is 0.174. The van der Waals surface area contributed by atoms with Crippen molar-refractivity contribution in [3.05, 3.63) is 29.6 Å². The molecule has 180 valence electrons. The molecular weight excluding hydrogens is 418 g/mol. The number of carbonyl (C=O) groups excluding carboxylic acids is 2. The highest BCUT2D eigenvalue weighted by atomic mass is 16.5. The van der Waals surface area contributed by atoms with Gasteiger partial charge < -0.3 is 15.0 Å². The van der Waals surface area contributed by atoms with Gasteiger partial charge in [0, 0.05) is 57.7 Å². The number of nitrogens with zero attached hydrogens (tertiary/aromatic N) is 4. The molecule has 0 aromatic carbocycles. The van der Waals surface area contributed by atoms with E-state index in [1.54, 1.807) is 0 Å². The third-order valence-corrected chi connectivity index (χ3v) is 8.43. The number of hydrogen-bond donors (Lipinski definition) is 1. The summed E-state index contributed by atoms with van der Waals surface area (Å²) in [6.45, 7) is 6.90. The molecule has 1 aromatic rings. The number of likely N-dealkylation sites (N-methyl/N-ethyl adjacent to an activating group) is 1. The maximum atomic E-state index is 13.3. The summed E-state index contributed by atoms with van der Waals surface area (Å²) >= 11 is 0. The van der Waals surface area contributed by atoms with Gasteiger partial charge in [-0.2, -0.15) is 0 Å². The van der Waals surface area contributed by atoms with Crippen LogP contribution in [-0.2, 0) is 20.9 Å². The first-order valence-electron chi connectivity index (χ1n) is 12.5. The second-order valence-electron chi connectivity index (χ2n) is 10.4. The van der Waals surface area contributed by atoms with E-state index < -0.39 is 5.54 Å². The molecule has 4 fully saturated rings. The Hall–Kier alpha value is -2.03. The van der Waals surface area contributed by atoms with Crippen LogP contribution in [0.1, 0.15) is 49.8 Å². The van der Waals surface area contributed by atoms with Gasteiger partial charge in [0.15, 0.2) is 0 Å². The first-order valence-corrected chi connectivity index (χ1v) is 12.5. The number of carbonyl (C=O) groups is 2. The minimum Gasteiger partial charge on any atom is -0.381 e. The van der Waals surface area contributed by atoms with E-state index in [1.165, 1.54) is 5.56 Å². The number of likely N-dealkylation sites (tertiary alicyclic amines) is 1. The second kappa shape index (κ2) is 9.31. The smallest absolute Gasteiger partial charge is 0.243 e. The molecule has 0 unspecified atom stereocenters. The van der Waals surface area contributed by atoms with E-state index in [9.17, 15) is 9.59 Å².